The molecule has 4 heterocycles. The van der Waals surface area contributed by atoms with Crippen LogP contribution in [0.25, 0.3) is 22.2 Å². The molecule has 0 aliphatic carbocycles. The fraction of sp³-hybridized carbons (Fsp3) is 0.240. The Kier molecular flexibility index (Phi) is 6.32. The standard InChI is InChI=1S/C25H19F4N3O4S/c26-18-2-6-23-16(11-18)13-24(36-23)37(34,35)32-10-8-21(32)22(33)5-3-19-12-15(7-9-30-19)20-4-1-17(14-31-20)25(27,28)29/h1-2,4,6-7,9,11-14,21H,3,5,8,10H2/t21-/m0/s1. The van der Waals surface area contributed by atoms with Crippen LogP contribution in [0.4, 0.5) is 17.6 Å². The van der Waals surface area contributed by atoms with Gasteiger partial charge in [-0.05, 0) is 55.3 Å². The molecule has 5 rings (SSSR count). The molecule has 1 atom stereocenters. The minimum absolute atomic E-state index is 0.0128. The number of pyridine rings is 2. The molecule has 3 aromatic heterocycles. The molecule has 1 aliphatic heterocycles. The van der Waals surface area contributed by atoms with Gasteiger partial charge < -0.3 is 4.42 Å². The van der Waals surface area contributed by atoms with Crippen molar-refractivity contribution in [2.45, 2.75) is 36.6 Å². The molecule has 0 radical (unpaired) electrons. The van der Waals surface area contributed by atoms with Gasteiger partial charge in [0.2, 0.25) is 5.09 Å². The summed E-state index contributed by atoms with van der Waals surface area (Å²) in [5, 5.41) is -0.0560. The largest absolute Gasteiger partial charge is 0.443 e. The van der Waals surface area contributed by atoms with E-state index < -0.39 is 33.6 Å². The highest BCUT2D eigenvalue weighted by Crippen LogP contribution is 2.32. The molecule has 4 aromatic rings. The number of rotatable bonds is 7. The Morgan fingerprint density at radius 3 is 2.57 bits per heavy atom. The van der Waals surface area contributed by atoms with Gasteiger partial charge in [0.05, 0.1) is 17.3 Å². The highest BCUT2D eigenvalue weighted by Gasteiger charge is 2.43. The zero-order chi connectivity index (χ0) is 26.4. The average Bonchev–Trinajstić information content (AvgIpc) is 3.26. The van der Waals surface area contributed by atoms with E-state index in [-0.39, 0.29) is 35.8 Å². The number of nitrogens with zero attached hydrogens (tertiary/aromatic N) is 3. The van der Waals surface area contributed by atoms with Crippen molar-refractivity contribution in [3.63, 3.8) is 0 Å². The molecule has 12 heteroatoms. The minimum Gasteiger partial charge on any atom is -0.443 e. The summed E-state index contributed by atoms with van der Waals surface area (Å²) in [5.74, 6) is -0.821. The van der Waals surface area contributed by atoms with E-state index in [0.717, 1.165) is 28.7 Å². The van der Waals surface area contributed by atoms with Crippen LogP contribution in [0.15, 0.2) is 70.4 Å². The number of aryl methyl sites for hydroxylation is 1. The van der Waals surface area contributed by atoms with Crippen LogP contribution in [0.1, 0.15) is 24.1 Å². The van der Waals surface area contributed by atoms with Gasteiger partial charge in [0.1, 0.15) is 11.4 Å². The molecule has 0 unspecified atom stereocenters. The van der Waals surface area contributed by atoms with E-state index in [4.69, 9.17) is 4.42 Å². The minimum atomic E-state index is -4.49. The number of Topliss-reactive ketones (excluding diaryl/α,β-unsaturated/α-hetero) is 1. The lowest BCUT2D eigenvalue weighted by Crippen LogP contribution is -2.54. The van der Waals surface area contributed by atoms with Gasteiger partial charge >= 0.3 is 6.18 Å². The molecular weight excluding hydrogens is 514 g/mol. The first-order valence-electron chi connectivity index (χ1n) is 11.2. The summed E-state index contributed by atoms with van der Waals surface area (Å²) in [6.45, 7) is 0.150. The number of halogens is 4. The number of carbonyl (C=O) groups excluding carboxylic acids is 1. The Morgan fingerprint density at radius 1 is 1.08 bits per heavy atom. The summed E-state index contributed by atoms with van der Waals surface area (Å²) in [5.41, 5.74) is 0.744. The molecule has 0 bridgehead atoms. The molecule has 37 heavy (non-hydrogen) atoms. The summed E-state index contributed by atoms with van der Waals surface area (Å²) in [6, 6.07) is 9.47. The van der Waals surface area contributed by atoms with Crippen molar-refractivity contribution in [2.24, 2.45) is 0 Å². The van der Waals surface area contributed by atoms with Gasteiger partial charge in [-0.2, -0.15) is 17.5 Å². The smallest absolute Gasteiger partial charge is 0.417 e. The van der Waals surface area contributed by atoms with Gasteiger partial charge in [0, 0.05) is 48.1 Å². The Hall–Kier alpha value is -3.64. The number of furan rings is 1. The van der Waals surface area contributed by atoms with E-state index in [9.17, 15) is 30.8 Å². The van der Waals surface area contributed by atoms with E-state index in [1.54, 1.807) is 12.1 Å². The number of alkyl halides is 3. The number of ketones is 1. The van der Waals surface area contributed by atoms with E-state index in [2.05, 4.69) is 9.97 Å². The number of fused-ring (bicyclic) bond motifs is 1. The van der Waals surface area contributed by atoms with Crippen LogP contribution >= 0.6 is 0 Å². The van der Waals surface area contributed by atoms with E-state index in [1.165, 1.54) is 24.4 Å². The van der Waals surface area contributed by atoms with Gasteiger partial charge in [-0.1, -0.05) is 0 Å². The van der Waals surface area contributed by atoms with Crippen LogP contribution in [0.2, 0.25) is 0 Å². The fourth-order valence-corrected chi connectivity index (χ4v) is 5.74. The summed E-state index contributed by atoms with van der Waals surface area (Å²) in [4.78, 5) is 20.9. The third-order valence-corrected chi connectivity index (χ3v) is 7.96. The second-order valence-corrected chi connectivity index (χ2v) is 10.4. The molecule has 0 saturated carbocycles. The van der Waals surface area contributed by atoms with Crippen LogP contribution in [0, 0.1) is 5.82 Å². The van der Waals surface area contributed by atoms with Gasteiger partial charge in [0.15, 0.2) is 5.78 Å². The average molecular weight is 534 g/mol. The first kappa shape index (κ1) is 25.0. The molecule has 1 aliphatic rings. The van der Waals surface area contributed by atoms with E-state index in [1.807, 2.05) is 0 Å². The summed E-state index contributed by atoms with van der Waals surface area (Å²) in [7, 11) is -4.09. The van der Waals surface area contributed by atoms with Crippen molar-refractivity contribution in [3.05, 3.63) is 78.0 Å². The van der Waals surface area contributed by atoms with Crippen LogP contribution in [-0.4, -0.2) is 41.1 Å². The lowest BCUT2D eigenvalue weighted by Gasteiger charge is -2.37. The zero-order valence-electron chi connectivity index (χ0n) is 19.1. The normalized spacial score (nSPS) is 16.6. The maximum absolute atomic E-state index is 13.5. The Balaban J connectivity index is 1.25. The molecule has 0 N–H and O–H groups in total. The molecule has 0 amide bonds. The molecule has 1 saturated heterocycles. The second kappa shape index (κ2) is 9.34. The number of benzene rings is 1. The molecule has 192 valence electrons. The maximum atomic E-state index is 13.5. The number of hydrogen-bond acceptors (Lipinski definition) is 6. The topological polar surface area (TPSA) is 93.4 Å². The van der Waals surface area contributed by atoms with Gasteiger partial charge in [-0.15, -0.1) is 0 Å². The maximum Gasteiger partial charge on any atom is 0.417 e. The highest BCUT2D eigenvalue weighted by atomic mass is 32.2. The van der Waals surface area contributed by atoms with Crippen molar-refractivity contribution in [1.82, 2.24) is 14.3 Å². The van der Waals surface area contributed by atoms with E-state index in [0.29, 0.717) is 28.8 Å². The SMILES string of the molecule is O=C(CCc1cc(-c2ccc(C(F)(F)F)cn2)ccn1)[C@@H]1CCN1S(=O)(=O)c1cc2cc(F)ccc2o1. The number of aromatic nitrogens is 2. The predicted molar refractivity (Wildman–Crippen MR) is 124 cm³/mol. The fourth-order valence-electron chi connectivity index (χ4n) is 4.13. The lowest BCUT2D eigenvalue weighted by molar-refractivity contribution is -0.137. The van der Waals surface area contributed by atoms with Crippen LogP contribution in [0.5, 0.6) is 0 Å². The van der Waals surface area contributed by atoms with Crippen LogP contribution in [-0.2, 0) is 27.4 Å². The molecule has 1 fully saturated rings. The van der Waals surface area contributed by atoms with Crippen molar-refractivity contribution < 1.29 is 35.2 Å². The molecule has 0 spiro atoms. The van der Waals surface area contributed by atoms with Crippen LogP contribution < -0.4 is 0 Å². The van der Waals surface area contributed by atoms with Crippen molar-refractivity contribution >= 4 is 26.8 Å². The monoisotopic (exact) mass is 533 g/mol. The molecular formula is C25H19F4N3O4S. The quantitative estimate of drug-likeness (QED) is 0.310. The zero-order valence-corrected chi connectivity index (χ0v) is 19.9. The molecule has 7 nitrogen and oxygen atoms in total. The first-order valence-corrected chi connectivity index (χ1v) is 12.7. The van der Waals surface area contributed by atoms with Gasteiger partial charge in [0.25, 0.3) is 10.0 Å². The van der Waals surface area contributed by atoms with Gasteiger partial charge in [-0.25, -0.2) is 12.8 Å². The van der Waals surface area contributed by atoms with Crippen molar-refractivity contribution in [2.75, 3.05) is 6.54 Å². The van der Waals surface area contributed by atoms with Crippen molar-refractivity contribution in [3.8, 4) is 11.3 Å². The summed E-state index contributed by atoms with van der Waals surface area (Å²) >= 11 is 0. The Bertz CT molecular complexity index is 1580. The molecule has 1 aromatic carbocycles. The number of sulfonamides is 1. The predicted octanol–water partition coefficient (Wildman–Crippen LogP) is 5.01. The number of hydrogen-bond donors (Lipinski definition) is 0. The Labute approximate surface area is 208 Å². The summed E-state index contributed by atoms with van der Waals surface area (Å²) in [6.07, 6.45) is -1.68. The third-order valence-electron chi connectivity index (χ3n) is 6.19. The lowest BCUT2D eigenvalue weighted by atomic mass is 9.98. The first-order chi connectivity index (χ1) is 17.5. The third kappa shape index (κ3) is 4.98. The Morgan fingerprint density at radius 2 is 1.89 bits per heavy atom. The van der Waals surface area contributed by atoms with Crippen LogP contribution in [0.3, 0.4) is 0 Å². The van der Waals surface area contributed by atoms with Gasteiger partial charge in [-0.3, -0.25) is 14.8 Å². The van der Waals surface area contributed by atoms with E-state index >= 15 is 0 Å². The highest BCUT2D eigenvalue weighted by molar-refractivity contribution is 7.89. The second-order valence-electron chi connectivity index (χ2n) is 8.60. The van der Waals surface area contributed by atoms with Crippen molar-refractivity contribution in [1.29, 1.82) is 0 Å². The summed E-state index contributed by atoms with van der Waals surface area (Å²) < 4.78 is 84.3. The number of carbonyl (C=O) groups is 1.